The van der Waals surface area contributed by atoms with Crippen molar-refractivity contribution in [3.63, 3.8) is 0 Å². The van der Waals surface area contributed by atoms with E-state index in [-0.39, 0.29) is 18.2 Å². The van der Waals surface area contributed by atoms with Gasteiger partial charge in [0.25, 0.3) is 5.91 Å². The van der Waals surface area contributed by atoms with E-state index in [2.05, 4.69) is 21.2 Å². The Labute approximate surface area is 169 Å². The molecule has 1 unspecified atom stereocenters. The maximum absolute atomic E-state index is 12.3. The van der Waals surface area contributed by atoms with E-state index in [1.807, 2.05) is 18.2 Å². The van der Waals surface area contributed by atoms with Crippen LogP contribution in [0.5, 0.6) is 0 Å². The maximum Gasteiger partial charge on any atom is 0.273 e. The number of hydrogen-bond donors (Lipinski definition) is 3. The standard InChI is InChI=1S/C21H24N4O4/c1-14(24-25-21(28)20(29-3)16-9-5-4-6-10-16)13-19(27)23-18-12-8-7-11-17(18)22-15(2)26/h4-12,20H,13H2,1-3H3,(H,22,26)(H,23,27)(H,25,28)/b24-14+. The van der Waals surface area contributed by atoms with Gasteiger partial charge in [-0.1, -0.05) is 42.5 Å². The number of rotatable bonds is 8. The van der Waals surface area contributed by atoms with Gasteiger partial charge in [0.15, 0.2) is 6.10 Å². The molecule has 8 heteroatoms. The molecule has 29 heavy (non-hydrogen) atoms. The molecule has 0 spiro atoms. The summed E-state index contributed by atoms with van der Waals surface area (Å²) in [6.45, 7) is 3.02. The highest BCUT2D eigenvalue weighted by molar-refractivity contribution is 6.07. The molecule has 152 valence electrons. The van der Waals surface area contributed by atoms with E-state index in [0.717, 1.165) is 0 Å². The lowest BCUT2D eigenvalue weighted by atomic mass is 10.1. The molecule has 0 saturated carbocycles. The summed E-state index contributed by atoms with van der Waals surface area (Å²) >= 11 is 0. The zero-order valence-corrected chi connectivity index (χ0v) is 16.6. The Balaban J connectivity index is 1.95. The van der Waals surface area contributed by atoms with E-state index in [1.54, 1.807) is 43.3 Å². The molecule has 2 rings (SSSR count). The van der Waals surface area contributed by atoms with Crippen LogP contribution < -0.4 is 16.1 Å². The van der Waals surface area contributed by atoms with Crippen molar-refractivity contribution in [1.82, 2.24) is 5.43 Å². The number of hydrazone groups is 1. The van der Waals surface area contributed by atoms with Crippen LogP contribution in [0.1, 0.15) is 31.9 Å². The SMILES string of the molecule is COC(C(=O)N/N=C(\C)CC(=O)Nc1ccccc1NC(C)=O)c1ccccc1. The van der Waals surface area contributed by atoms with Gasteiger partial charge in [-0.05, 0) is 24.6 Å². The van der Waals surface area contributed by atoms with Crippen molar-refractivity contribution >= 4 is 34.8 Å². The molecule has 0 fully saturated rings. The number of amides is 3. The van der Waals surface area contributed by atoms with Gasteiger partial charge in [-0.15, -0.1) is 0 Å². The number of benzene rings is 2. The molecule has 2 aromatic rings. The second-order valence-electron chi connectivity index (χ2n) is 6.30. The minimum Gasteiger partial charge on any atom is -0.367 e. The summed E-state index contributed by atoms with van der Waals surface area (Å²) in [5.41, 5.74) is 4.52. The Bertz CT molecular complexity index is 897. The summed E-state index contributed by atoms with van der Waals surface area (Å²) in [4.78, 5) is 35.9. The predicted molar refractivity (Wildman–Crippen MR) is 111 cm³/mol. The van der Waals surface area contributed by atoms with E-state index in [4.69, 9.17) is 4.74 Å². The number of carbonyl (C=O) groups is 3. The van der Waals surface area contributed by atoms with Gasteiger partial charge < -0.3 is 15.4 Å². The molecule has 3 amide bonds. The first kappa shape index (κ1) is 21.8. The average Bonchev–Trinajstić information content (AvgIpc) is 2.69. The van der Waals surface area contributed by atoms with E-state index < -0.39 is 12.0 Å². The molecular weight excluding hydrogens is 372 g/mol. The number of nitrogens with zero attached hydrogens (tertiary/aromatic N) is 1. The van der Waals surface area contributed by atoms with Crippen LogP contribution in [0.25, 0.3) is 0 Å². The average molecular weight is 396 g/mol. The number of carbonyl (C=O) groups excluding carboxylic acids is 3. The number of nitrogens with one attached hydrogen (secondary N) is 3. The van der Waals surface area contributed by atoms with Gasteiger partial charge in [-0.3, -0.25) is 14.4 Å². The fraction of sp³-hybridized carbons (Fsp3) is 0.238. The third-order valence-electron chi connectivity index (χ3n) is 3.86. The van der Waals surface area contributed by atoms with Gasteiger partial charge in [0.05, 0.1) is 17.8 Å². The first-order valence-electron chi connectivity index (χ1n) is 8.98. The molecule has 1 atom stereocenters. The van der Waals surface area contributed by atoms with E-state index in [1.165, 1.54) is 14.0 Å². The molecule has 0 aliphatic rings. The summed E-state index contributed by atoms with van der Waals surface area (Å²) in [6.07, 6.45) is -0.830. The Morgan fingerprint density at radius 2 is 1.52 bits per heavy atom. The topological polar surface area (TPSA) is 109 Å². The summed E-state index contributed by atoms with van der Waals surface area (Å²) in [5, 5.41) is 9.35. The molecule has 0 heterocycles. The van der Waals surface area contributed by atoms with Crippen molar-refractivity contribution in [2.24, 2.45) is 5.10 Å². The highest BCUT2D eigenvalue weighted by Crippen LogP contribution is 2.21. The van der Waals surface area contributed by atoms with Gasteiger partial charge in [-0.25, -0.2) is 5.43 Å². The van der Waals surface area contributed by atoms with Crippen LogP contribution in [0, 0.1) is 0 Å². The molecule has 3 N–H and O–H groups in total. The molecule has 0 saturated heterocycles. The van der Waals surface area contributed by atoms with Crippen LogP contribution in [-0.4, -0.2) is 30.5 Å². The van der Waals surface area contributed by atoms with Gasteiger partial charge >= 0.3 is 0 Å². The van der Waals surface area contributed by atoms with Crippen LogP contribution in [-0.2, 0) is 19.1 Å². The molecule has 0 radical (unpaired) electrons. The first-order valence-corrected chi connectivity index (χ1v) is 8.98. The molecular formula is C21H24N4O4. The van der Waals surface area contributed by atoms with E-state index in [9.17, 15) is 14.4 Å². The fourth-order valence-electron chi connectivity index (χ4n) is 2.59. The van der Waals surface area contributed by atoms with Crippen molar-refractivity contribution < 1.29 is 19.1 Å². The number of hydrogen-bond acceptors (Lipinski definition) is 5. The number of para-hydroxylation sites is 2. The highest BCUT2D eigenvalue weighted by Gasteiger charge is 2.19. The van der Waals surface area contributed by atoms with Crippen molar-refractivity contribution in [3.8, 4) is 0 Å². The van der Waals surface area contributed by atoms with Crippen LogP contribution >= 0.6 is 0 Å². The Hall–Kier alpha value is -3.52. The van der Waals surface area contributed by atoms with Crippen molar-refractivity contribution in [3.05, 3.63) is 60.2 Å². The monoisotopic (exact) mass is 396 g/mol. The van der Waals surface area contributed by atoms with E-state index >= 15 is 0 Å². The predicted octanol–water partition coefficient (Wildman–Crippen LogP) is 2.85. The Kier molecular flexibility index (Phi) is 8.05. The van der Waals surface area contributed by atoms with Crippen molar-refractivity contribution in [2.45, 2.75) is 26.4 Å². The Morgan fingerprint density at radius 3 is 2.10 bits per heavy atom. The van der Waals surface area contributed by atoms with Gasteiger partial charge in [-0.2, -0.15) is 5.10 Å². The third kappa shape index (κ3) is 6.86. The Morgan fingerprint density at radius 1 is 0.931 bits per heavy atom. The van der Waals surface area contributed by atoms with E-state index in [0.29, 0.717) is 22.6 Å². The summed E-state index contributed by atoms with van der Waals surface area (Å²) in [6, 6.07) is 15.9. The van der Waals surface area contributed by atoms with Gasteiger partial charge in [0, 0.05) is 19.7 Å². The fourth-order valence-corrected chi connectivity index (χ4v) is 2.59. The number of ether oxygens (including phenoxy) is 1. The molecule has 0 aliphatic carbocycles. The van der Waals surface area contributed by atoms with Crippen molar-refractivity contribution in [2.75, 3.05) is 17.7 Å². The number of anilines is 2. The normalized spacial score (nSPS) is 12.0. The zero-order valence-electron chi connectivity index (χ0n) is 16.6. The van der Waals surface area contributed by atoms with Crippen LogP contribution in [0.2, 0.25) is 0 Å². The molecule has 0 aromatic heterocycles. The minimum atomic E-state index is -0.800. The van der Waals surface area contributed by atoms with Gasteiger partial charge in [0.1, 0.15) is 0 Å². The summed E-state index contributed by atoms with van der Waals surface area (Å²) < 4.78 is 5.24. The van der Waals surface area contributed by atoms with Crippen LogP contribution in [0.15, 0.2) is 59.7 Å². The maximum atomic E-state index is 12.3. The molecule has 0 bridgehead atoms. The second kappa shape index (κ2) is 10.7. The molecule has 0 aliphatic heterocycles. The largest absolute Gasteiger partial charge is 0.367 e. The molecule has 8 nitrogen and oxygen atoms in total. The lowest BCUT2D eigenvalue weighted by molar-refractivity contribution is -0.131. The second-order valence-corrected chi connectivity index (χ2v) is 6.30. The lowest BCUT2D eigenvalue weighted by Crippen LogP contribution is -2.28. The first-order chi connectivity index (χ1) is 13.9. The minimum absolute atomic E-state index is 0.0301. The number of methoxy groups -OCH3 is 1. The summed E-state index contributed by atoms with van der Waals surface area (Å²) in [7, 11) is 1.44. The summed E-state index contributed by atoms with van der Waals surface area (Å²) in [5.74, 6) is -1.00. The quantitative estimate of drug-likeness (QED) is 0.471. The lowest BCUT2D eigenvalue weighted by Gasteiger charge is -2.14. The third-order valence-corrected chi connectivity index (χ3v) is 3.86. The van der Waals surface area contributed by atoms with Gasteiger partial charge in [0.2, 0.25) is 11.8 Å². The molecule has 2 aromatic carbocycles. The van der Waals surface area contributed by atoms with Crippen molar-refractivity contribution in [1.29, 1.82) is 0 Å². The zero-order chi connectivity index (χ0) is 21.2. The highest BCUT2D eigenvalue weighted by atomic mass is 16.5. The van der Waals surface area contributed by atoms with Crippen LogP contribution in [0.4, 0.5) is 11.4 Å². The smallest absolute Gasteiger partial charge is 0.273 e. The van der Waals surface area contributed by atoms with Crippen LogP contribution in [0.3, 0.4) is 0 Å².